The third-order valence-corrected chi connectivity index (χ3v) is 6.12. The fraction of sp³-hybridized carbons (Fsp3) is 0.643. The largest absolute Gasteiger partial charge is 0.381 e. The number of nitrogens with one attached hydrogen (secondary N) is 1. The van der Waals surface area contributed by atoms with Gasteiger partial charge in [0, 0.05) is 24.5 Å². The average Bonchev–Trinajstić information content (AvgIpc) is 2.94. The van der Waals surface area contributed by atoms with E-state index in [1.54, 1.807) is 0 Å². The minimum absolute atomic E-state index is 0.0757. The van der Waals surface area contributed by atoms with Crippen LogP contribution >= 0.6 is 23.1 Å². The Labute approximate surface area is 123 Å². The molecule has 0 atom stereocenters. The van der Waals surface area contributed by atoms with Crippen molar-refractivity contribution >= 4 is 29.0 Å². The average molecular weight is 299 g/mol. The molecule has 0 saturated carbocycles. The van der Waals surface area contributed by atoms with Crippen molar-refractivity contribution in [1.82, 2.24) is 5.32 Å². The highest BCUT2D eigenvalue weighted by Crippen LogP contribution is 2.33. The van der Waals surface area contributed by atoms with E-state index in [9.17, 15) is 4.79 Å². The van der Waals surface area contributed by atoms with Crippen LogP contribution in [0.5, 0.6) is 0 Å². The number of amides is 1. The maximum atomic E-state index is 12.2. The first-order valence-electron chi connectivity index (χ1n) is 6.68. The zero-order valence-corrected chi connectivity index (χ0v) is 13.2. The van der Waals surface area contributed by atoms with Crippen LogP contribution in [0.15, 0.2) is 11.4 Å². The minimum Gasteiger partial charge on any atom is -0.381 e. The Kier molecular flexibility index (Phi) is 5.30. The van der Waals surface area contributed by atoms with Crippen molar-refractivity contribution in [1.29, 1.82) is 0 Å². The normalized spacial score (nSPS) is 18.2. The minimum atomic E-state index is 0.0757. The number of thioether (sulfide) groups is 1. The van der Waals surface area contributed by atoms with Crippen LogP contribution in [-0.2, 0) is 11.2 Å². The summed E-state index contributed by atoms with van der Waals surface area (Å²) >= 11 is 3.38. The second-order valence-electron chi connectivity index (χ2n) is 4.81. The molecule has 19 heavy (non-hydrogen) atoms. The molecule has 0 aromatic carbocycles. The van der Waals surface area contributed by atoms with E-state index in [1.807, 2.05) is 23.2 Å². The van der Waals surface area contributed by atoms with Gasteiger partial charge in [0.25, 0.3) is 5.91 Å². The van der Waals surface area contributed by atoms with Crippen LogP contribution in [-0.4, -0.2) is 36.7 Å². The molecule has 0 radical (unpaired) electrons. The Morgan fingerprint density at radius 1 is 1.53 bits per heavy atom. The predicted octanol–water partition coefficient (Wildman–Crippen LogP) is 2.95. The number of carbonyl (C=O) groups excluding carboxylic acids is 1. The van der Waals surface area contributed by atoms with Gasteiger partial charge in [-0.3, -0.25) is 4.79 Å². The molecular weight excluding hydrogens is 278 g/mol. The van der Waals surface area contributed by atoms with Crippen molar-refractivity contribution in [3.8, 4) is 0 Å². The van der Waals surface area contributed by atoms with Gasteiger partial charge < -0.3 is 10.1 Å². The van der Waals surface area contributed by atoms with Crippen LogP contribution in [0.25, 0.3) is 0 Å². The first kappa shape index (κ1) is 14.9. The molecule has 1 N–H and O–H groups in total. The molecule has 0 bridgehead atoms. The highest BCUT2D eigenvalue weighted by atomic mass is 32.2. The summed E-state index contributed by atoms with van der Waals surface area (Å²) in [7, 11) is 0. The molecule has 1 aromatic rings. The molecule has 0 unspecified atom stereocenters. The lowest BCUT2D eigenvalue weighted by Crippen LogP contribution is -2.44. The van der Waals surface area contributed by atoms with Gasteiger partial charge in [0.05, 0.1) is 4.88 Å². The predicted molar refractivity (Wildman–Crippen MR) is 82.3 cm³/mol. The number of aryl methyl sites for hydroxylation is 1. The van der Waals surface area contributed by atoms with Crippen LogP contribution in [0.3, 0.4) is 0 Å². The molecule has 0 spiro atoms. The van der Waals surface area contributed by atoms with Gasteiger partial charge in [-0.1, -0.05) is 6.92 Å². The van der Waals surface area contributed by atoms with E-state index < -0.39 is 0 Å². The van der Waals surface area contributed by atoms with Crippen LogP contribution in [0, 0.1) is 0 Å². The topological polar surface area (TPSA) is 38.3 Å². The number of ether oxygens (including phenoxy) is 1. The van der Waals surface area contributed by atoms with Crippen molar-refractivity contribution < 1.29 is 9.53 Å². The number of thiophene rings is 1. The third kappa shape index (κ3) is 3.52. The molecule has 2 rings (SSSR count). The molecule has 106 valence electrons. The Morgan fingerprint density at radius 2 is 2.26 bits per heavy atom. The maximum Gasteiger partial charge on any atom is 0.261 e. The van der Waals surface area contributed by atoms with Crippen molar-refractivity contribution in [2.45, 2.75) is 30.9 Å². The second-order valence-corrected chi connectivity index (χ2v) is 7.00. The fourth-order valence-electron chi connectivity index (χ4n) is 2.33. The van der Waals surface area contributed by atoms with Crippen LogP contribution in [0.4, 0.5) is 0 Å². The molecular formula is C14H21NO2S2. The summed E-state index contributed by atoms with van der Waals surface area (Å²) in [4.78, 5) is 13.1. The summed E-state index contributed by atoms with van der Waals surface area (Å²) in [5, 5.41) is 5.11. The molecule has 3 nitrogen and oxygen atoms in total. The molecule has 1 fully saturated rings. The summed E-state index contributed by atoms with van der Waals surface area (Å²) < 4.78 is 5.57. The molecule has 1 aromatic heterocycles. The molecule has 1 aliphatic rings. The van der Waals surface area contributed by atoms with Gasteiger partial charge in [0.1, 0.15) is 0 Å². The van der Waals surface area contributed by atoms with Gasteiger partial charge in [-0.2, -0.15) is 11.8 Å². The molecule has 1 saturated heterocycles. The summed E-state index contributed by atoms with van der Waals surface area (Å²) in [5.41, 5.74) is 1.15. The van der Waals surface area contributed by atoms with E-state index in [1.165, 1.54) is 11.3 Å². The first-order chi connectivity index (χ1) is 9.21. The van der Waals surface area contributed by atoms with Crippen LogP contribution < -0.4 is 5.32 Å². The Morgan fingerprint density at radius 3 is 2.89 bits per heavy atom. The van der Waals surface area contributed by atoms with Gasteiger partial charge in [-0.05, 0) is 42.5 Å². The second kappa shape index (κ2) is 6.77. The van der Waals surface area contributed by atoms with Gasteiger partial charge >= 0.3 is 0 Å². The van der Waals surface area contributed by atoms with Crippen LogP contribution in [0.2, 0.25) is 0 Å². The number of hydrogen-bond donors (Lipinski definition) is 1. The monoisotopic (exact) mass is 299 g/mol. The van der Waals surface area contributed by atoms with Gasteiger partial charge in [0.2, 0.25) is 0 Å². The Balaban J connectivity index is 1.95. The standard InChI is InChI=1S/C14H21NO2S2/c1-3-11-4-9-19-12(11)13(16)15-10-14(18-2)5-7-17-8-6-14/h4,9H,3,5-8,10H2,1-2H3,(H,15,16). The van der Waals surface area contributed by atoms with Gasteiger partial charge in [0.15, 0.2) is 0 Å². The Hall–Kier alpha value is -0.520. The fourth-order valence-corrected chi connectivity index (χ4v) is 4.03. The van der Waals surface area contributed by atoms with E-state index in [4.69, 9.17) is 4.74 Å². The SMILES string of the molecule is CCc1ccsc1C(=O)NCC1(SC)CCOCC1. The zero-order chi connectivity index (χ0) is 13.7. The number of hydrogen-bond acceptors (Lipinski definition) is 4. The number of carbonyl (C=O) groups is 1. The van der Waals surface area contributed by atoms with E-state index in [0.717, 1.165) is 49.5 Å². The Bertz CT molecular complexity index is 425. The quantitative estimate of drug-likeness (QED) is 0.908. The molecule has 0 aliphatic carbocycles. The summed E-state index contributed by atoms with van der Waals surface area (Å²) in [6, 6.07) is 2.04. The zero-order valence-electron chi connectivity index (χ0n) is 11.5. The van der Waals surface area contributed by atoms with E-state index >= 15 is 0 Å². The third-order valence-electron chi connectivity index (χ3n) is 3.74. The lowest BCUT2D eigenvalue weighted by molar-refractivity contribution is 0.0743. The molecule has 5 heteroatoms. The molecule has 1 amide bonds. The maximum absolute atomic E-state index is 12.2. The lowest BCUT2D eigenvalue weighted by Gasteiger charge is -2.35. The highest BCUT2D eigenvalue weighted by molar-refractivity contribution is 8.00. The van der Waals surface area contributed by atoms with E-state index in [-0.39, 0.29) is 10.7 Å². The van der Waals surface area contributed by atoms with Crippen molar-refractivity contribution in [3.05, 3.63) is 21.9 Å². The van der Waals surface area contributed by atoms with Crippen molar-refractivity contribution in [2.24, 2.45) is 0 Å². The van der Waals surface area contributed by atoms with E-state index in [2.05, 4.69) is 18.5 Å². The van der Waals surface area contributed by atoms with E-state index in [0.29, 0.717) is 0 Å². The molecule has 2 heterocycles. The highest BCUT2D eigenvalue weighted by Gasteiger charge is 2.32. The van der Waals surface area contributed by atoms with Crippen molar-refractivity contribution in [3.63, 3.8) is 0 Å². The summed E-state index contributed by atoms with van der Waals surface area (Å²) in [6.07, 6.45) is 5.06. The smallest absolute Gasteiger partial charge is 0.261 e. The first-order valence-corrected chi connectivity index (χ1v) is 8.78. The summed E-state index contributed by atoms with van der Waals surface area (Å²) in [5.74, 6) is 0.0757. The van der Waals surface area contributed by atoms with Gasteiger partial charge in [-0.15, -0.1) is 11.3 Å². The number of rotatable bonds is 5. The molecule has 1 aliphatic heterocycles. The van der Waals surface area contributed by atoms with Crippen molar-refractivity contribution in [2.75, 3.05) is 26.0 Å². The lowest BCUT2D eigenvalue weighted by atomic mass is 9.99. The van der Waals surface area contributed by atoms with Gasteiger partial charge in [-0.25, -0.2) is 0 Å². The summed E-state index contributed by atoms with van der Waals surface area (Å²) in [6.45, 7) is 4.42. The van der Waals surface area contributed by atoms with Crippen LogP contribution in [0.1, 0.15) is 35.0 Å².